The van der Waals surface area contributed by atoms with E-state index in [-0.39, 0.29) is 6.42 Å². The Morgan fingerprint density at radius 2 is 2.46 bits per heavy atom. The average Bonchev–Trinajstić information content (AvgIpc) is 2.08. The van der Waals surface area contributed by atoms with E-state index < -0.39 is 11.7 Å². The number of nitrogens with one attached hydrogen (secondary N) is 1. The van der Waals surface area contributed by atoms with Gasteiger partial charge in [-0.05, 0) is 0 Å². The van der Waals surface area contributed by atoms with E-state index >= 15 is 0 Å². The fourth-order valence-electron chi connectivity index (χ4n) is 0.632. The molecule has 2 N–H and O–H groups in total. The Morgan fingerprint density at radius 3 is 3.00 bits per heavy atom. The van der Waals surface area contributed by atoms with Crippen LogP contribution in [0.5, 0.6) is 0 Å². The number of carboxylic acid groups (broad SMARTS) is 1. The third-order valence-corrected chi connectivity index (χ3v) is 1.14. The quantitative estimate of drug-likeness (QED) is 0.573. The van der Waals surface area contributed by atoms with Crippen molar-refractivity contribution >= 4 is 5.97 Å². The largest absolute Gasteiger partial charge is 0.481 e. The van der Waals surface area contributed by atoms with Gasteiger partial charge in [-0.3, -0.25) is 4.79 Å². The summed E-state index contributed by atoms with van der Waals surface area (Å²) in [5.41, 5.74) is 0.0321. The third-order valence-electron chi connectivity index (χ3n) is 1.14. The van der Waals surface area contributed by atoms with Crippen LogP contribution in [0.2, 0.25) is 0 Å². The van der Waals surface area contributed by atoms with Crippen LogP contribution in [0.25, 0.3) is 0 Å². The van der Waals surface area contributed by atoms with Crippen LogP contribution in [0.4, 0.5) is 0 Å². The molecule has 0 atom stereocenters. The van der Waals surface area contributed by atoms with E-state index in [4.69, 9.17) is 5.11 Å². The molecule has 0 fully saturated rings. The highest BCUT2D eigenvalue weighted by Crippen LogP contribution is 1.86. The Hall–Kier alpha value is -2.09. The predicted octanol–water partition coefficient (Wildman–Crippen LogP) is -0.404. The lowest BCUT2D eigenvalue weighted by Crippen LogP contribution is -2.08. The Kier molecular flexibility index (Phi) is 2.82. The summed E-state index contributed by atoms with van der Waals surface area (Å²) in [6, 6.07) is 0. The number of aromatic amines is 1. The highest BCUT2D eigenvalue weighted by atomic mass is 16.4. The second-order valence-corrected chi connectivity index (χ2v) is 2.18. The Bertz CT molecular complexity index is 405. The van der Waals surface area contributed by atoms with Crippen molar-refractivity contribution < 1.29 is 9.90 Å². The number of aromatic nitrogens is 2. The summed E-state index contributed by atoms with van der Waals surface area (Å²) in [6.07, 6.45) is 2.44. The van der Waals surface area contributed by atoms with Gasteiger partial charge in [0.1, 0.15) is 6.42 Å². The Morgan fingerprint density at radius 1 is 1.69 bits per heavy atom. The molecular formula is C8H6N2O3. The highest BCUT2D eigenvalue weighted by Gasteiger charge is 1.89. The first-order valence-corrected chi connectivity index (χ1v) is 3.44. The van der Waals surface area contributed by atoms with Crippen LogP contribution >= 0.6 is 0 Å². The smallest absolute Gasteiger partial charge is 0.344 e. The van der Waals surface area contributed by atoms with Crippen molar-refractivity contribution in [2.45, 2.75) is 6.42 Å². The maximum Gasteiger partial charge on any atom is 0.344 e. The molecular weight excluding hydrogens is 172 g/mol. The summed E-state index contributed by atoms with van der Waals surface area (Å²) >= 11 is 0. The van der Waals surface area contributed by atoms with E-state index in [9.17, 15) is 9.59 Å². The predicted molar refractivity (Wildman–Crippen MR) is 44.0 cm³/mol. The van der Waals surface area contributed by atoms with E-state index in [1.54, 1.807) is 0 Å². The first-order chi connectivity index (χ1) is 6.18. The first kappa shape index (κ1) is 9.00. The lowest BCUT2D eigenvalue weighted by Gasteiger charge is -1.85. The standard InChI is InChI=1S/C8H6N2O3/c11-7(12)3-1-2-6-4-9-8(13)10-5-6/h4-5H,3H2,(H,11,12)(H,9,10,13). The molecule has 0 aliphatic heterocycles. The molecule has 13 heavy (non-hydrogen) atoms. The van der Waals surface area contributed by atoms with E-state index in [1.807, 2.05) is 0 Å². The van der Waals surface area contributed by atoms with Gasteiger partial charge in [0.25, 0.3) is 0 Å². The number of rotatable bonds is 1. The number of carbonyl (C=O) groups is 1. The molecule has 0 amide bonds. The summed E-state index contributed by atoms with van der Waals surface area (Å²) in [7, 11) is 0. The van der Waals surface area contributed by atoms with Gasteiger partial charge in [-0.2, -0.15) is 0 Å². The molecule has 1 rings (SSSR count). The molecule has 1 aromatic rings. The van der Waals surface area contributed by atoms with Gasteiger partial charge >= 0.3 is 11.7 Å². The number of hydrogen-bond acceptors (Lipinski definition) is 3. The monoisotopic (exact) mass is 178 g/mol. The average molecular weight is 178 g/mol. The van der Waals surface area contributed by atoms with E-state index in [1.165, 1.54) is 12.4 Å². The van der Waals surface area contributed by atoms with E-state index in [0.717, 1.165) is 0 Å². The molecule has 0 aliphatic rings. The molecule has 0 aliphatic carbocycles. The maximum absolute atomic E-state index is 10.5. The molecule has 5 nitrogen and oxygen atoms in total. The summed E-state index contributed by atoms with van der Waals surface area (Å²) in [5.74, 6) is 3.97. The highest BCUT2D eigenvalue weighted by molar-refractivity contribution is 5.70. The van der Waals surface area contributed by atoms with E-state index in [2.05, 4.69) is 21.8 Å². The van der Waals surface area contributed by atoms with Gasteiger partial charge in [-0.25, -0.2) is 9.78 Å². The minimum Gasteiger partial charge on any atom is -0.481 e. The molecule has 0 spiro atoms. The van der Waals surface area contributed by atoms with Crippen molar-refractivity contribution in [2.24, 2.45) is 0 Å². The summed E-state index contributed by atoms with van der Waals surface area (Å²) in [4.78, 5) is 26.3. The zero-order valence-corrected chi connectivity index (χ0v) is 6.57. The molecule has 0 unspecified atom stereocenters. The molecule has 1 aromatic heterocycles. The zero-order chi connectivity index (χ0) is 9.68. The van der Waals surface area contributed by atoms with E-state index in [0.29, 0.717) is 5.56 Å². The number of nitrogens with zero attached hydrogens (tertiary/aromatic N) is 1. The van der Waals surface area contributed by atoms with Gasteiger partial charge in [0, 0.05) is 12.4 Å². The third kappa shape index (κ3) is 3.20. The van der Waals surface area contributed by atoms with Gasteiger partial charge in [0.15, 0.2) is 0 Å². The van der Waals surface area contributed by atoms with Gasteiger partial charge in [0.2, 0.25) is 0 Å². The minimum atomic E-state index is -0.982. The van der Waals surface area contributed by atoms with Gasteiger partial charge in [-0.1, -0.05) is 11.8 Å². The fourth-order valence-corrected chi connectivity index (χ4v) is 0.632. The van der Waals surface area contributed by atoms with Crippen LogP contribution in [0.1, 0.15) is 12.0 Å². The fraction of sp³-hybridized carbons (Fsp3) is 0.125. The van der Waals surface area contributed by atoms with Crippen LogP contribution in [-0.4, -0.2) is 21.0 Å². The van der Waals surface area contributed by atoms with Crippen molar-refractivity contribution in [2.75, 3.05) is 0 Å². The van der Waals surface area contributed by atoms with Crippen molar-refractivity contribution in [1.82, 2.24) is 9.97 Å². The van der Waals surface area contributed by atoms with Crippen LogP contribution in [0, 0.1) is 11.8 Å². The second kappa shape index (κ2) is 4.07. The van der Waals surface area contributed by atoms with Crippen molar-refractivity contribution in [3.8, 4) is 11.8 Å². The van der Waals surface area contributed by atoms with Crippen molar-refractivity contribution in [3.05, 3.63) is 28.4 Å². The molecule has 0 aromatic carbocycles. The van der Waals surface area contributed by atoms with Gasteiger partial charge in [-0.15, -0.1) is 0 Å². The molecule has 66 valence electrons. The summed E-state index contributed by atoms with van der Waals surface area (Å²) in [5, 5.41) is 8.26. The Labute approximate surface area is 73.4 Å². The van der Waals surface area contributed by atoms with Gasteiger partial charge < -0.3 is 10.1 Å². The van der Waals surface area contributed by atoms with Crippen LogP contribution in [0.3, 0.4) is 0 Å². The zero-order valence-electron chi connectivity index (χ0n) is 6.57. The summed E-state index contributed by atoms with van der Waals surface area (Å²) in [6.45, 7) is 0. The molecule has 0 bridgehead atoms. The van der Waals surface area contributed by atoms with Crippen LogP contribution in [0.15, 0.2) is 17.2 Å². The molecule has 0 radical (unpaired) electrons. The number of H-pyrrole nitrogens is 1. The lowest BCUT2D eigenvalue weighted by molar-refractivity contribution is -0.135. The molecule has 0 saturated carbocycles. The topological polar surface area (TPSA) is 83.0 Å². The number of aliphatic carboxylic acids is 1. The number of hydrogen-bond donors (Lipinski definition) is 2. The Balaban J connectivity index is 2.72. The lowest BCUT2D eigenvalue weighted by atomic mass is 10.3. The first-order valence-electron chi connectivity index (χ1n) is 3.44. The van der Waals surface area contributed by atoms with Crippen LogP contribution in [-0.2, 0) is 4.79 Å². The summed E-state index contributed by atoms with van der Waals surface area (Å²) < 4.78 is 0. The van der Waals surface area contributed by atoms with Crippen molar-refractivity contribution in [3.63, 3.8) is 0 Å². The molecule has 5 heteroatoms. The van der Waals surface area contributed by atoms with Crippen LogP contribution < -0.4 is 5.69 Å². The SMILES string of the molecule is O=C(O)CC#Cc1cnc(=O)[nH]c1. The van der Waals surface area contributed by atoms with Crippen molar-refractivity contribution in [1.29, 1.82) is 0 Å². The second-order valence-electron chi connectivity index (χ2n) is 2.18. The van der Waals surface area contributed by atoms with Gasteiger partial charge in [0.05, 0.1) is 5.56 Å². The molecule has 1 heterocycles. The number of carboxylic acids is 1. The molecule has 0 saturated heterocycles. The minimum absolute atomic E-state index is 0.223. The maximum atomic E-state index is 10.5. The normalized spacial score (nSPS) is 8.62.